The third-order valence-corrected chi connectivity index (χ3v) is 2.52. The Morgan fingerprint density at radius 1 is 1.39 bits per heavy atom. The summed E-state index contributed by atoms with van der Waals surface area (Å²) >= 11 is 11.3. The molecule has 5 nitrogen and oxygen atoms in total. The average molecular weight is 291 g/mol. The third-order valence-electron chi connectivity index (χ3n) is 2.01. The molecular weight excluding hydrogens is 279 g/mol. The number of carbonyl (C=O) groups is 2. The lowest BCUT2D eigenvalue weighted by Gasteiger charge is -2.09. The van der Waals surface area contributed by atoms with Gasteiger partial charge in [-0.1, -0.05) is 11.6 Å². The van der Waals surface area contributed by atoms with Crippen molar-refractivity contribution in [1.29, 1.82) is 0 Å². The first kappa shape index (κ1) is 14.6. The lowest BCUT2D eigenvalue weighted by Crippen LogP contribution is -2.38. The summed E-state index contributed by atoms with van der Waals surface area (Å²) in [6.45, 7) is 1.47. The number of urea groups is 1. The van der Waals surface area contributed by atoms with Crippen LogP contribution in [0.1, 0.15) is 6.92 Å². The Morgan fingerprint density at radius 2 is 2.06 bits per heavy atom. The average Bonchev–Trinajstić information content (AvgIpc) is 2.31. The number of amides is 3. The van der Waals surface area contributed by atoms with Crippen LogP contribution < -0.4 is 15.4 Å². The quantitative estimate of drug-likeness (QED) is 0.841. The molecule has 3 amide bonds. The van der Waals surface area contributed by atoms with E-state index < -0.39 is 17.3 Å². The topological polar surface area (TPSA) is 67.4 Å². The number of methoxy groups -OCH3 is 1. The van der Waals surface area contributed by atoms with Gasteiger partial charge in [-0.15, -0.1) is 11.6 Å². The standard InChI is InChI=1S/C11H12Cl2N2O3/c1-6(12)10(16)15-11(17)14-7-3-4-8(13)9(5-7)18-2/h3-6H,1-2H3,(H2,14,15,16,17). The molecule has 18 heavy (non-hydrogen) atoms. The van der Waals surface area contributed by atoms with E-state index in [1.807, 2.05) is 0 Å². The van der Waals surface area contributed by atoms with Gasteiger partial charge in [-0.25, -0.2) is 4.79 Å². The molecule has 0 fully saturated rings. The largest absolute Gasteiger partial charge is 0.495 e. The molecule has 0 aliphatic heterocycles. The first-order valence-corrected chi connectivity index (χ1v) is 5.85. The van der Waals surface area contributed by atoms with Gasteiger partial charge in [0.1, 0.15) is 11.1 Å². The highest BCUT2D eigenvalue weighted by molar-refractivity contribution is 6.32. The van der Waals surface area contributed by atoms with E-state index >= 15 is 0 Å². The number of alkyl halides is 1. The van der Waals surface area contributed by atoms with Crippen LogP contribution in [0, 0.1) is 0 Å². The molecule has 1 aromatic rings. The van der Waals surface area contributed by atoms with Crippen LogP contribution in [-0.2, 0) is 4.79 Å². The normalized spacial score (nSPS) is 11.6. The molecule has 0 bridgehead atoms. The Labute approximate surface area is 114 Å². The van der Waals surface area contributed by atoms with Crippen molar-refractivity contribution in [2.45, 2.75) is 12.3 Å². The maximum Gasteiger partial charge on any atom is 0.325 e. The summed E-state index contributed by atoms with van der Waals surface area (Å²) in [5.74, 6) is -0.151. The number of hydrogen-bond donors (Lipinski definition) is 2. The van der Waals surface area contributed by atoms with Crippen molar-refractivity contribution < 1.29 is 14.3 Å². The molecule has 98 valence electrons. The Morgan fingerprint density at radius 3 is 2.61 bits per heavy atom. The summed E-state index contributed by atoms with van der Waals surface area (Å²) in [6, 6.07) is 4.02. The van der Waals surface area contributed by atoms with Crippen molar-refractivity contribution in [2.75, 3.05) is 12.4 Å². The molecule has 1 aromatic carbocycles. The highest BCUT2D eigenvalue weighted by atomic mass is 35.5. The highest BCUT2D eigenvalue weighted by Gasteiger charge is 2.13. The van der Waals surface area contributed by atoms with E-state index in [0.717, 1.165) is 0 Å². The van der Waals surface area contributed by atoms with Crippen molar-refractivity contribution in [3.8, 4) is 5.75 Å². The van der Waals surface area contributed by atoms with Crippen molar-refractivity contribution in [3.63, 3.8) is 0 Å². The molecule has 1 unspecified atom stereocenters. The molecule has 1 atom stereocenters. The molecule has 0 aromatic heterocycles. The van der Waals surface area contributed by atoms with E-state index in [-0.39, 0.29) is 0 Å². The number of benzene rings is 1. The van der Waals surface area contributed by atoms with Crippen LogP contribution in [0.15, 0.2) is 18.2 Å². The van der Waals surface area contributed by atoms with Crippen LogP contribution >= 0.6 is 23.2 Å². The molecule has 0 aliphatic carbocycles. The molecular formula is C11H12Cl2N2O3. The molecule has 0 saturated heterocycles. The fourth-order valence-electron chi connectivity index (χ4n) is 1.11. The first-order valence-electron chi connectivity index (χ1n) is 5.03. The van der Waals surface area contributed by atoms with E-state index in [2.05, 4.69) is 10.6 Å². The summed E-state index contributed by atoms with van der Waals surface area (Å²) < 4.78 is 4.99. The van der Waals surface area contributed by atoms with Crippen molar-refractivity contribution in [2.24, 2.45) is 0 Å². The van der Waals surface area contributed by atoms with Gasteiger partial charge < -0.3 is 10.1 Å². The van der Waals surface area contributed by atoms with Gasteiger partial charge in [0.15, 0.2) is 0 Å². The van der Waals surface area contributed by atoms with Crippen molar-refractivity contribution in [3.05, 3.63) is 23.2 Å². The number of ether oxygens (including phenoxy) is 1. The van der Waals surface area contributed by atoms with Gasteiger partial charge in [-0.2, -0.15) is 0 Å². The smallest absolute Gasteiger partial charge is 0.325 e. The van der Waals surface area contributed by atoms with Gasteiger partial charge in [0, 0.05) is 11.8 Å². The number of nitrogens with one attached hydrogen (secondary N) is 2. The monoisotopic (exact) mass is 290 g/mol. The summed E-state index contributed by atoms with van der Waals surface area (Å²) in [6.07, 6.45) is 0. The summed E-state index contributed by atoms with van der Waals surface area (Å²) in [7, 11) is 1.46. The van der Waals surface area contributed by atoms with E-state index in [9.17, 15) is 9.59 Å². The van der Waals surface area contributed by atoms with Crippen LogP contribution in [0.3, 0.4) is 0 Å². The number of carbonyl (C=O) groups excluding carboxylic acids is 2. The summed E-state index contributed by atoms with van der Waals surface area (Å²) in [5.41, 5.74) is 0.448. The molecule has 2 N–H and O–H groups in total. The summed E-state index contributed by atoms with van der Waals surface area (Å²) in [4.78, 5) is 22.6. The van der Waals surface area contributed by atoms with Gasteiger partial charge in [0.25, 0.3) is 0 Å². The van der Waals surface area contributed by atoms with E-state index in [4.69, 9.17) is 27.9 Å². The first-order chi connectivity index (χ1) is 8.43. The van der Waals surface area contributed by atoms with Crippen molar-refractivity contribution >= 4 is 40.8 Å². The predicted octanol–water partition coefficient (Wildman–Crippen LogP) is 2.62. The zero-order valence-electron chi connectivity index (χ0n) is 9.79. The van der Waals surface area contributed by atoms with Crippen LogP contribution in [0.5, 0.6) is 5.75 Å². The number of rotatable bonds is 3. The van der Waals surface area contributed by atoms with Crippen LogP contribution in [0.4, 0.5) is 10.5 Å². The second-order valence-electron chi connectivity index (χ2n) is 3.41. The number of hydrogen-bond acceptors (Lipinski definition) is 3. The molecule has 0 spiro atoms. The molecule has 0 aliphatic rings. The van der Waals surface area contributed by atoms with E-state index in [1.54, 1.807) is 12.1 Å². The van der Waals surface area contributed by atoms with Crippen LogP contribution in [-0.4, -0.2) is 24.4 Å². The Kier molecular flexibility index (Phi) is 5.25. The second kappa shape index (κ2) is 6.47. The van der Waals surface area contributed by atoms with Crippen LogP contribution in [0.2, 0.25) is 5.02 Å². The van der Waals surface area contributed by atoms with Gasteiger partial charge in [-0.05, 0) is 19.1 Å². The minimum atomic E-state index is -0.782. The number of imide groups is 1. The van der Waals surface area contributed by atoms with Gasteiger partial charge >= 0.3 is 6.03 Å². The lowest BCUT2D eigenvalue weighted by atomic mass is 10.3. The molecule has 0 saturated carbocycles. The molecule has 0 radical (unpaired) electrons. The Bertz CT molecular complexity index is 464. The third kappa shape index (κ3) is 4.09. The zero-order valence-corrected chi connectivity index (χ0v) is 11.3. The van der Waals surface area contributed by atoms with Crippen LogP contribution in [0.25, 0.3) is 0 Å². The Balaban J connectivity index is 2.67. The van der Waals surface area contributed by atoms with E-state index in [1.165, 1.54) is 20.1 Å². The number of anilines is 1. The zero-order chi connectivity index (χ0) is 13.7. The molecule has 7 heteroatoms. The fraction of sp³-hybridized carbons (Fsp3) is 0.273. The van der Waals surface area contributed by atoms with Gasteiger partial charge in [0.2, 0.25) is 5.91 Å². The van der Waals surface area contributed by atoms with Gasteiger partial charge in [0.05, 0.1) is 12.1 Å². The number of halogens is 2. The fourth-order valence-corrected chi connectivity index (χ4v) is 1.36. The minimum absolute atomic E-state index is 0.423. The predicted molar refractivity (Wildman–Crippen MR) is 70.5 cm³/mol. The summed E-state index contributed by atoms with van der Waals surface area (Å²) in [5, 5.41) is 4.19. The second-order valence-corrected chi connectivity index (χ2v) is 4.47. The maximum atomic E-state index is 11.4. The maximum absolute atomic E-state index is 11.4. The Hall–Kier alpha value is -1.46. The van der Waals surface area contributed by atoms with Crippen molar-refractivity contribution in [1.82, 2.24) is 5.32 Å². The highest BCUT2D eigenvalue weighted by Crippen LogP contribution is 2.27. The molecule has 0 heterocycles. The molecule has 1 rings (SSSR count). The SMILES string of the molecule is COc1cc(NC(=O)NC(=O)C(C)Cl)ccc1Cl. The lowest BCUT2D eigenvalue weighted by molar-refractivity contribution is -0.119. The minimum Gasteiger partial charge on any atom is -0.495 e. The van der Waals surface area contributed by atoms with Gasteiger partial charge in [-0.3, -0.25) is 10.1 Å². The van der Waals surface area contributed by atoms with E-state index in [0.29, 0.717) is 16.5 Å².